The van der Waals surface area contributed by atoms with Crippen LogP contribution in [-0.4, -0.2) is 208 Å². The Morgan fingerprint density at radius 2 is 0.785 bits per heavy atom. The zero-order chi connectivity index (χ0) is 63.2. The van der Waals surface area contributed by atoms with Crippen molar-refractivity contribution in [1.82, 2.24) is 51.9 Å². The van der Waals surface area contributed by atoms with Gasteiger partial charge in [-0.2, -0.15) is 0 Å². The van der Waals surface area contributed by atoms with E-state index in [1.807, 2.05) is 70.5 Å². The van der Waals surface area contributed by atoms with Gasteiger partial charge >= 0.3 is 23.9 Å². The normalized spacial score (nSPS) is 29.0. The SMILES string of the molecule is C.C.COC(=O)C(Br)CCC(Br)C(=O)OC.COC(=O)C1CCC(C(=O)OC)N1Cc1ccccc1.O.O.O=C1NCC12CCC1(CNC1=O)N2.O=C1NCC12CCC1(CNC1=O)N2Cc1ccc(F)cc1.O=C1NCC12CCC1(CNC1=O)N2Cc1ccccc1.[Pd]. The van der Waals surface area contributed by atoms with Gasteiger partial charge in [-0.05, 0) is 93.0 Å². The fourth-order valence-corrected chi connectivity index (χ4v) is 14.2. The zero-order valence-corrected chi connectivity index (χ0v) is 55.6. The zero-order valence-electron chi connectivity index (χ0n) is 50.8. The van der Waals surface area contributed by atoms with Crippen molar-refractivity contribution >= 4 is 91.2 Å². The van der Waals surface area contributed by atoms with Crippen LogP contribution in [0.1, 0.15) is 95.8 Å². The van der Waals surface area contributed by atoms with E-state index in [4.69, 9.17) is 9.47 Å². The molecule has 0 saturated carbocycles. The van der Waals surface area contributed by atoms with Gasteiger partial charge in [0.2, 0.25) is 35.4 Å². The number of carbonyl (C=O) groups is 10. The second kappa shape index (κ2) is 32.9. The van der Waals surface area contributed by atoms with E-state index in [0.29, 0.717) is 97.4 Å². The van der Waals surface area contributed by atoms with E-state index in [2.05, 4.69) is 83.5 Å². The molecule has 10 atom stereocenters. The van der Waals surface area contributed by atoms with Gasteiger partial charge < -0.3 is 61.8 Å². The van der Waals surface area contributed by atoms with Crippen LogP contribution < -0.4 is 37.2 Å². The summed E-state index contributed by atoms with van der Waals surface area (Å²) in [6.45, 7) is 5.50. The minimum absolute atomic E-state index is 0. The van der Waals surface area contributed by atoms with E-state index in [9.17, 15) is 52.3 Å². The molecule has 0 aliphatic carbocycles. The number of ether oxygens (including phenoxy) is 4. The van der Waals surface area contributed by atoms with Gasteiger partial charge in [0.25, 0.3) is 0 Å². The standard InChI is InChI=1S/C15H16FN3O2.C15H17N3O2.C15H19NO4.C8H12Br2O4.C8H11N3O2.2CH4.2H2O.Pd/c16-11-3-1-10(2-4-11)7-19-14(8-17-12(14)20)5-6-15(19)9-18-13(15)21;19-12-14(9-16-12)6-7-15(10-17-13(15)20)18(14)8-11-4-2-1-3-5-11;1-19-14(17)12-8-9-13(15(18)20-2)16(12)10-11-6-4-3-5-7-11;1-13-7(11)5(9)3-4-6(10)8(12)14-2;12-5-7(3-9-5)1-2-8(11-7)4-10-6(8)13;;;;;/h1-4H,5-9H2,(H,17,20)(H,18,21);1-5H,6-10H2,(H,16,19)(H,17,20);3-7,12-13H,8-10H2,1-2H3;5-6H,3-4H2,1-2H3;11H,1-4H2,(H,9,12)(H,10,13);2*1H4;2*1H2;. The molecule has 10 unspecified atom stereocenters. The Kier molecular flexibility index (Phi) is 28.0. The molecule has 10 aliphatic heterocycles. The van der Waals surface area contributed by atoms with E-state index < -0.39 is 33.2 Å². The Morgan fingerprint density at radius 3 is 1.03 bits per heavy atom. The smallest absolute Gasteiger partial charge is 0.323 e. The van der Waals surface area contributed by atoms with Crippen LogP contribution in [0.4, 0.5) is 4.39 Å². The van der Waals surface area contributed by atoms with E-state index in [1.54, 1.807) is 12.1 Å². The molecule has 6 spiro atoms. The number of likely N-dealkylation sites (tertiary alicyclic amines) is 3. The number of halogens is 3. The second-order valence-electron chi connectivity index (χ2n) is 23.7. The summed E-state index contributed by atoms with van der Waals surface area (Å²) in [5.74, 6) is -1.32. The van der Waals surface area contributed by atoms with Crippen molar-refractivity contribution in [2.24, 2.45) is 0 Å². The minimum Gasteiger partial charge on any atom is -0.468 e. The summed E-state index contributed by atoms with van der Waals surface area (Å²) < 4.78 is 31.7. The maximum atomic E-state index is 13.0. The Morgan fingerprint density at radius 1 is 0.473 bits per heavy atom. The van der Waals surface area contributed by atoms with Crippen molar-refractivity contribution in [2.75, 3.05) is 67.7 Å². The first-order valence-electron chi connectivity index (χ1n) is 29.3. The van der Waals surface area contributed by atoms with Crippen molar-refractivity contribution in [2.45, 2.75) is 154 Å². The van der Waals surface area contributed by atoms with Crippen molar-refractivity contribution in [3.63, 3.8) is 0 Å². The van der Waals surface area contributed by atoms with Crippen molar-refractivity contribution in [3.05, 3.63) is 107 Å². The fraction of sp³-hybridized carbons (Fsp3) is 0.556. The van der Waals surface area contributed by atoms with Crippen LogP contribution in [0.2, 0.25) is 0 Å². The van der Waals surface area contributed by atoms with Gasteiger partial charge in [-0.25, -0.2) is 4.39 Å². The summed E-state index contributed by atoms with van der Waals surface area (Å²) in [7, 11) is 5.38. The number of amides is 6. The van der Waals surface area contributed by atoms with Crippen LogP contribution in [0.15, 0.2) is 84.9 Å². The summed E-state index contributed by atoms with van der Waals surface area (Å²) in [6, 6.07) is 25.3. The maximum absolute atomic E-state index is 13.0. The van der Waals surface area contributed by atoms with E-state index in [-0.39, 0.29) is 133 Å². The molecule has 13 rings (SSSR count). The number of benzene rings is 3. The number of esters is 4. The number of nitrogens with one attached hydrogen (secondary N) is 7. The molecule has 3 aromatic carbocycles. The summed E-state index contributed by atoms with van der Waals surface area (Å²) in [5, 5.41) is 19.9. The molecule has 3 aromatic rings. The Bertz CT molecular complexity index is 3030. The van der Waals surface area contributed by atoms with Crippen LogP contribution in [0.3, 0.4) is 0 Å². The van der Waals surface area contributed by atoms with Crippen LogP contribution in [0.25, 0.3) is 0 Å². The first kappa shape index (κ1) is 79.1. The quantitative estimate of drug-likeness (QED) is 0.0411. The Balaban J connectivity index is 0.000000247. The summed E-state index contributed by atoms with van der Waals surface area (Å²) in [4.78, 5) is 122. The molecule has 11 N–H and O–H groups in total. The first-order valence-corrected chi connectivity index (χ1v) is 31.2. The number of hydrogen-bond donors (Lipinski definition) is 7. The van der Waals surface area contributed by atoms with Crippen LogP contribution in [-0.2, 0) is 107 Å². The predicted molar refractivity (Wildman–Crippen MR) is 341 cm³/mol. The van der Waals surface area contributed by atoms with Crippen molar-refractivity contribution in [3.8, 4) is 0 Å². The third-order valence-electron chi connectivity index (χ3n) is 18.9. The molecule has 10 aliphatic rings. The van der Waals surface area contributed by atoms with Gasteiger partial charge in [0.15, 0.2) is 0 Å². The maximum Gasteiger partial charge on any atom is 0.323 e. The van der Waals surface area contributed by atoms with E-state index in [0.717, 1.165) is 42.4 Å². The topological polar surface area (TPSA) is 365 Å². The molecular weight excluding hydrogens is 1440 g/mol. The number of alkyl halides is 2. The number of rotatable bonds is 13. The van der Waals surface area contributed by atoms with Crippen molar-refractivity contribution < 1.29 is 103 Å². The average Bonchev–Trinajstić information content (AvgIpc) is 1.58. The number of carbonyl (C=O) groups excluding carboxylic acids is 10. The summed E-state index contributed by atoms with van der Waals surface area (Å²) in [6.07, 6.45) is 6.77. The molecule has 93 heavy (non-hydrogen) atoms. The van der Waals surface area contributed by atoms with E-state index >= 15 is 0 Å². The molecule has 6 amide bonds. The summed E-state index contributed by atoms with van der Waals surface area (Å²) in [5.41, 5.74) is 0.218. The Labute approximate surface area is 571 Å². The first-order chi connectivity index (χ1) is 42.1. The van der Waals surface area contributed by atoms with Gasteiger partial charge in [0.1, 0.15) is 60.8 Å². The average molecular weight is 1530 g/mol. The molecule has 0 radical (unpaired) electrons. The van der Waals surface area contributed by atoms with Gasteiger partial charge in [-0.1, -0.05) is 120 Å². The molecule has 10 heterocycles. The Hall–Kier alpha value is -6.33. The number of nitrogens with zero attached hydrogens (tertiary/aromatic N) is 3. The molecular formula is C63H87Br2FN10O16Pd. The number of β-lactam (4-membered cyclic amide) rings is 6. The number of methoxy groups -OCH3 is 4. The van der Waals surface area contributed by atoms with Crippen molar-refractivity contribution in [1.29, 1.82) is 0 Å². The molecule has 26 nitrogen and oxygen atoms in total. The molecule has 0 aromatic heterocycles. The third kappa shape index (κ3) is 15.5. The summed E-state index contributed by atoms with van der Waals surface area (Å²) >= 11 is 6.31. The predicted octanol–water partition coefficient (Wildman–Crippen LogP) is 0.911. The van der Waals surface area contributed by atoms with Gasteiger partial charge in [-0.15, -0.1) is 0 Å². The van der Waals surface area contributed by atoms with Crippen LogP contribution >= 0.6 is 31.9 Å². The molecule has 30 heteroatoms. The van der Waals surface area contributed by atoms with Gasteiger partial charge in [-0.3, -0.25) is 68.0 Å². The van der Waals surface area contributed by atoms with Crippen LogP contribution in [0.5, 0.6) is 0 Å². The molecule has 10 fully saturated rings. The monoisotopic (exact) mass is 1520 g/mol. The fourth-order valence-electron chi connectivity index (χ4n) is 13.3. The molecule has 0 bridgehead atoms. The molecule has 10 saturated heterocycles. The third-order valence-corrected chi connectivity index (χ3v) is 20.6. The minimum atomic E-state index is -0.563. The second-order valence-corrected chi connectivity index (χ2v) is 25.9. The molecule has 516 valence electrons. The van der Waals surface area contributed by atoms with E-state index in [1.165, 1.54) is 40.6 Å². The van der Waals surface area contributed by atoms with Crippen LogP contribution in [0, 0.1) is 5.82 Å². The van der Waals surface area contributed by atoms with Gasteiger partial charge in [0.05, 0.1) is 28.4 Å². The number of hydrogen-bond acceptors (Lipinski definition) is 18. The van der Waals surface area contributed by atoms with Gasteiger partial charge in [0, 0.05) is 79.3 Å². The largest absolute Gasteiger partial charge is 0.468 e.